The number of methoxy groups -OCH3 is 1. The quantitative estimate of drug-likeness (QED) is 0.495. The molecule has 3 N–H and O–H groups in total. The summed E-state index contributed by atoms with van der Waals surface area (Å²) in [7, 11) is 1.54. The highest BCUT2D eigenvalue weighted by molar-refractivity contribution is 6.01. The molecule has 3 amide bonds. The van der Waals surface area contributed by atoms with Gasteiger partial charge in [-0.25, -0.2) is 9.59 Å². The Morgan fingerprint density at radius 3 is 2.21 bits per heavy atom. The van der Waals surface area contributed by atoms with Gasteiger partial charge >= 0.3 is 12.0 Å². The van der Waals surface area contributed by atoms with Gasteiger partial charge in [0.25, 0.3) is 5.91 Å². The minimum atomic E-state index is -0.965. The fourth-order valence-corrected chi connectivity index (χ4v) is 4.02. The number of hydrogen-bond donors (Lipinski definition) is 3. The molecule has 1 atom stereocenters. The Balaban J connectivity index is 1.39. The van der Waals surface area contributed by atoms with Crippen molar-refractivity contribution in [2.45, 2.75) is 18.9 Å². The molecule has 1 heterocycles. The summed E-state index contributed by atoms with van der Waals surface area (Å²) in [5, 5.41) is 14.9. The number of anilines is 2. The van der Waals surface area contributed by atoms with Gasteiger partial charge in [0.1, 0.15) is 11.8 Å². The zero-order valence-corrected chi connectivity index (χ0v) is 18.7. The Kier molecular flexibility index (Phi) is 6.77. The molecule has 0 aromatic heterocycles. The standard InChI is InChI=1S/C26H25N3O5/c1-34-23-7-3-2-5-21(23)28-26(33)27-20-14-12-18(13-15-20)17-8-10-19(11-9-17)24(30)29-16-4-6-22(29)25(31)32/h2-3,5,7-15,22H,4,6,16H2,1H3,(H,31,32)(H2,27,28,33)/t22-/m1/s1. The van der Waals surface area contributed by atoms with E-state index in [1.54, 1.807) is 49.6 Å². The first-order chi connectivity index (χ1) is 16.5. The van der Waals surface area contributed by atoms with E-state index >= 15 is 0 Å². The summed E-state index contributed by atoms with van der Waals surface area (Å²) in [5.74, 6) is -0.664. The largest absolute Gasteiger partial charge is 0.495 e. The molecule has 4 rings (SSSR count). The maximum Gasteiger partial charge on any atom is 0.326 e. The van der Waals surface area contributed by atoms with Gasteiger partial charge in [-0.15, -0.1) is 0 Å². The van der Waals surface area contributed by atoms with Crippen molar-refractivity contribution in [1.29, 1.82) is 0 Å². The molecule has 3 aromatic rings. The number of rotatable bonds is 6. The summed E-state index contributed by atoms with van der Waals surface area (Å²) in [6, 6.07) is 20.4. The fraction of sp³-hybridized carbons (Fsp3) is 0.192. The number of likely N-dealkylation sites (tertiary alicyclic amines) is 1. The maximum atomic E-state index is 12.7. The lowest BCUT2D eigenvalue weighted by Crippen LogP contribution is -2.40. The number of nitrogens with one attached hydrogen (secondary N) is 2. The first-order valence-electron chi connectivity index (χ1n) is 10.9. The van der Waals surface area contributed by atoms with Crippen molar-refractivity contribution in [3.05, 3.63) is 78.4 Å². The highest BCUT2D eigenvalue weighted by atomic mass is 16.5. The molecule has 0 saturated carbocycles. The number of carbonyl (C=O) groups excluding carboxylic acids is 2. The van der Waals surface area contributed by atoms with Crippen molar-refractivity contribution >= 4 is 29.3 Å². The Labute approximate surface area is 197 Å². The topological polar surface area (TPSA) is 108 Å². The molecule has 0 radical (unpaired) electrons. The van der Waals surface area contributed by atoms with Gasteiger partial charge in [-0.2, -0.15) is 0 Å². The molecule has 0 bridgehead atoms. The highest BCUT2D eigenvalue weighted by Crippen LogP contribution is 2.26. The van der Waals surface area contributed by atoms with Crippen LogP contribution in [0.15, 0.2) is 72.8 Å². The van der Waals surface area contributed by atoms with Crippen LogP contribution < -0.4 is 15.4 Å². The van der Waals surface area contributed by atoms with Gasteiger partial charge in [0.15, 0.2) is 0 Å². The summed E-state index contributed by atoms with van der Waals surface area (Å²) < 4.78 is 5.24. The van der Waals surface area contributed by atoms with E-state index in [0.29, 0.717) is 42.1 Å². The van der Waals surface area contributed by atoms with Gasteiger partial charge in [0.2, 0.25) is 0 Å². The first-order valence-corrected chi connectivity index (χ1v) is 10.9. The normalized spacial score (nSPS) is 15.0. The van der Waals surface area contributed by atoms with Crippen LogP contribution in [0.3, 0.4) is 0 Å². The van der Waals surface area contributed by atoms with Gasteiger partial charge in [0, 0.05) is 17.8 Å². The van der Waals surface area contributed by atoms with E-state index in [1.165, 1.54) is 4.90 Å². The predicted octanol–water partition coefficient (Wildman–Crippen LogP) is 4.70. The van der Waals surface area contributed by atoms with E-state index in [0.717, 1.165) is 11.1 Å². The number of nitrogens with zero attached hydrogens (tertiary/aromatic N) is 1. The van der Waals surface area contributed by atoms with Gasteiger partial charge in [-0.1, -0.05) is 36.4 Å². The van der Waals surface area contributed by atoms with Crippen LogP contribution in [0.4, 0.5) is 16.2 Å². The van der Waals surface area contributed by atoms with Crippen LogP contribution in [0.2, 0.25) is 0 Å². The SMILES string of the molecule is COc1ccccc1NC(=O)Nc1ccc(-c2ccc(C(=O)N3CCC[C@@H]3C(=O)O)cc2)cc1. The van der Waals surface area contributed by atoms with E-state index in [4.69, 9.17) is 4.74 Å². The molecule has 1 fully saturated rings. The third-order valence-corrected chi connectivity index (χ3v) is 5.76. The molecule has 1 aliphatic rings. The second kappa shape index (κ2) is 10.1. The third-order valence-electron chi connectivity index (χ3n) is 5.76. The second-order valence-corrected chi connectivity index (χ2v) is 7.93. The Morgan fingerprint density at radius 2 is 1.56 bits per heavy atom. The first kappa shape index (κ1) is 22.8. The Hall–Kier alpha value is -4.33. The van der Waals surface area contributed by atoms with Crippen LogP contribution in [-0.4, -0.2) is 47.6 Å². The molecule has 1 aliphatic heterocycles. The molecule has 8 nitrogen and oxygen atoms in total. The third kappa shape index (κ3) is 5.01. The highest BCUT2D eigenvalue weighted by Gasteiger charge is 2.34. The molecule has 1 saturated heterocycles. The van der Waals surface area contributed by atoms with E-state index in [9.17, 15) is 19.5 Å². The van der Waals surface area contributed by atoms with E-state index in [2.05, 4.69) is 10.6 Å². The molecule has 3 aromatic carbocycles. The lowest BCUT2D eigenvalue weighted by Gasteiger charge is -2.21. The number of para-hydroxylation sites is 2. The predicted molar refractivity (Wildman–Crippen MR) is 129 cm³/mol. The van der Waals surface area contributed by atoms with Crippen LogP contribution in [0.5, 0.6) is 5.75 Å². The van der Waals surface area contributed by atoms with Gasteiger partial charge in [0.05, 0.1) is 12.8 Å². The number of carboxylic acids is 1. The maximum absolute atomic E-state index is 12.7. The lowest BCUT2D eigenvalue weighted by molar-refractivity contribution is -0.141. The van der Waals surface area contributed by atoms with Gasteiger partial charge in [-0.05, 0) is 60.4 Å². The fourth-order valence-electron chi connectivity index (χ4n) is 4.02. The summed E-state index contributed by atoms with van der Waals surface area (Å²) in [6.07, 6.45) is 1.18. The zero-order valence-electron chi connectivity index (χ0n) is 18.7. The monoisotopic (exact) mass is 459 g/mol. The smallest absolute Gasteiger partial charge is 0.326 e. The molecular formula is C26H25N3O5. The molecule has 34 heavy (non-hydrogen) atoms. The number of benzene rings is 3. The Morgan fingerprint density at radius 1 is 0.912 bits per heavy atom. The minimum Gasteiger partial charge on any atom is -0.495 e. The zero-order chi connectivity index (χ0) is 24.1. The van der Waals surface area contributed by atoms with Crippen molar-refractivity contribution in [2.75, 3.05) is 24.3 Å². The number of aliphatic carboxylic acids is 1. The van der Waals surface area contributed by atoms with E-state index in [-0.39, 0.29) is 11.9 Å². The molecule has 8 heteroatoms. The summed E-state index contributed by atoms with van der Waals surface area (Å²) in [5.41, 5.74) is 3.47. The van der Waals surface area contributed by atoms with Crippen LogP contribution in [0, 0.1) is 0 Å². The van der Waals surface area contributed by atoms with Crippen molar-refractivity contribution < 1.29 is 24.2 Å². The Bertz CT molecular complexity index is 1190. The van der Waals surface area contributed by atoms with E-state index in [1.807, 2.05) is 30.3 Å². The summed E-state index contributed by atoms with van der Waals surface area (Å²) >= 11 is 0. The van der Waals surface area contributed by atoms with Crippen LogP contribution in [0.1, 0.15) is 23.2 Å². The molecule has 174 valence electrons. The molecule has 0 unspecified atom stereocenters. The van der Waals surface area contributed by atoms with Gasteiger partial charge in [-0.3, -0.25) is 4.79 Å². The average molecular weight is 460 g/mol. The number of ether oxygens (including phenoxy) is 1. The van der Waals surface area contributed by atoms with Crippen LogP contribution >= 0.6 is 0 Å². The molecular weight excluding hydrogens is 434 g/mol. The number of urea groups is 1. The van der Waals surface area contributed by atoms with E-state index < -0.39 is 12.0 Å². The summed E-state index contributed by atoms with van der Waals surface area (Å²) in [4.78, 5) is 37.9. The van der Waals surface area contributed by atoms with Crippen molar-refractivity contribution in [1.82, 2.24) is 4.90 Å². The number of amides is 3. The van der Waals surface area contributed by atoms with Crippen LogP contribution in [-0.2, 0) is 4.79 Å². The number of carboxylic acid groups (broad SMARTS) is 1. The minimum absolute atomic E-state index is 0.267. The molecule has 0 aliphatic carbocycles. The molecule has 0 spiro atoms. The van der Waals surface area contributed by atoms with Crippen molar-refractivity contribution in [2.24, 2.45) is 0 Å². The summed E-state index contributed by atoms with van der Waals surface area (Å²) in [6.45, 7) is 0.455. The van der Waals surface area contributed by atoms with Crippen molar-refractivity contribution in [3.63, 3.8) is 0 Å². The lowest BCUT2D eigenvalue weighted by atomic mass is 10.0. The second-order valence-electron chi connectivity index (χ2n) is 7.93. The van der Waals surface area contributed by atoms with Crippen molar-refractivity contribution in [3.8, 4) is 16.9 Å². The van der Waals surface area contributed by atoms with Crippen LogP contribution in [0.25, 0.3) is 11.1 Å². The van der Waals surface area contributed by atoms with Gasteiger partial charge < -0.3 is 25.4 Å². The average Bonchev–Trinajstić information content (AvgIpc) is 3.35. The number of hydrogen-bond acceptors (Lipinski definition) is 4. The number of carbonyl (C=O) groups is 3.